The number of amidine groups is 1. The van der Waals surface area contributed by atoms with E-state index in [0.29, 0.717) is 16.8 Å². The fourth-order valence-electron chi connectivity index (χ4n) is 3.60. The van der Waals surface area contributed by atoms with Crippen LogP contribution in [0.4, 0.5) is 0 Å². The molecule has 31 heavy (non-hydrogen) atoms. The van der Waals surface area contributed by atoms with E-state index < -0.39 is 28.1 Å². The lowest BCUT2D eigenvalue weighted by atomic mass is 10.0. The molecule has 9 heteroatoms. The lowest BCUT2D eigenvalue weighted by Crippen LogP contribution is -2.31. The van der Waals surface area contributed by atoms with Gasteiger partial charge >= 0.3 is 5.97 Å². The molecular weight excluding hydrogens is 418 g/mol. The van der Waals surface area contributed by atoms with E-state index in [9.17, 15) is 18.0 Å². The number of aromatic amines is 1. The molecule has 0 radical (unpaired) electrons. The number of H-pyrrole nitrogens is 1. The van der Waals surface area contributed by atoms with Gasteiger partial charge in [0, 0.05) is 27.7 Å². The first-order chi connectivity index (χ1) is 14.7. The molecule has 2 N–H and O–H groups in total. The summed E-state index contributed by atoms with van der Waals surface area (Å²) in [6.45, 7) is 4.79. The predicted octanol–water partition coefficient (Wildman–Crippen LogP) is 2.72. The number of esters is 1. The smallest absolute Gasteiger partial charge is 0.331 e. The summed E-state index contributed by atoms with van der Waals surface area (Å²) >= 11 is 0. The van der Waals surface area contributed by atoms with Crippen LogP contribution in [-0.2, 0) is 19.6 Å². The number of benzene rings is 2. The molecule has 1 unspecified atom stereocenters. The van der Waals surface area contributed by atoms with Gasteiger partial charge in [0.05, 0.1) is 4.90 Å². The van der Waals surface area contributed by atoms with Crippen molar-refractivity contribution in [2.75, 3.05) is 0 Å². The van der Waals surface area contributed by atoms with Crippen molar-refractivity contribution in [2.45, 2.75) is 37.8 Å². The Bertz CT molecular complexity index is 1340. The summed E-state index contributed by atoms with van der Waals surface area (Å²) in [5, 5.41) is 0.762. The third kappa shape index (κ3) is 3.72. The summed E-state index contributed by atoms with van der Waals surface area (Å²) < 4.78 is 32.1. The quantitative estimate of drug-likeness (QED) is 0.468. The number of hydrogen-bond donors (Lipinski definition) is 2. The maximum absolute atomic E-state index is 13.0. The highest BCUT2D eigenvalue weighted by atomic mass is 32.2. The maximum Gasteiger partial charge on any atom is 0.331 e. The Morgan fingerprint density at radius 1 is 1.03 bits per heavy atom. The van der Waals surface area contributed by atoms with Gasteiger partial charge in [0.2, 0.25) is 5.78 Å². The van der Waals surface area contributed by atoms with E-state index >= 15 is 0 Å². The zero-order chi connectivity index (χ0) is 22.3. The molecule has 0 bridgehead atoms. The van der Waals surface area contributed by atoms with Crippen molar-refractivity contribution in [3.8, 4) is 0 Å². The molecule has 2 heterocycles. The summed E-state index contributed by atoms with van der Waals surface area (Å²) in [5.41, 5.74) is 2.39. The van der Waals surface area contributed by atoms with Gasteiger partial charge in [-0.1, -0.05) is 30.3 Å². The minimum atomic E-state index is -3.71. The molecule has 2 atom stereocenters. The first-order valence-electron chi connectivity index (χ1n) is 9.71. The van der Waals surface area contributed by atoms with Crippen molar-refractivity contribution >= 4 is 38.5 Å². The number of nitrogens with zero attached hydrogens (tertiary/aromatic N) is 1. The average Bonchev–Trinajstić information content (AvgIpc) is 3.20. The normalized spacial score (nSPS) is 17.7. The van der Waals surface area contributed by atoms with Gasteiger partial charge < -0.3 is 9.72 Å². The van der Waals surface area contributed by atoms with Crippen LogP contribution in [0.2, 0.25) is 0 Å². The van der Waals surface area contributed by atoms with Crippen molar-refractivity contribution in [1.29, 1.82) is 0 Å². The number of sulfonamides is 1. The third-order valence-corrected chi connectivity index (χ3v) is 6.53. The Morgan fingerprint density at radius 3 is 2.48 bits per heavy atom. The molecule has 8 nitrogen and oxygen atoms in total. The topological polar surface area (TPSA) is 118 Å². The molecule has 4 rings (SSSR count). The largest absolute Gasteiger partial charge is 0.453 e. The van der Waals surface area contributed by atoms with E-state index in [4.69, 9.17) is 4.74 Å². The SMILES string of the molecule is Cc1[nH]c2ccccc2c1C(=O)C(C)OC(=O)[C@H](C)N=C1NS(=O)(=O)c2ccccc21. The van der Waals surface area contributed by atoms with Gasteiger partial charge in [-0.2, -0.15) is 0 Å². The molecule has 1 aromatic heterocycles. The number of carbonyl (C=O) groups excluding carboxylic acids is 2. The van der Waals surface area contributed by atoms with Crippen LogP contribution in [0.3, 0.4) is 0 Å². The van der Waals surface area contributed by atoms with E-state index in [1.54, 1.807) is 25.1 Å². The summed E-state index contributed by atoms with van der Waals surface area (Å²) in [7, 11) is -3.71. The number of carbonyl (C=O) groups is 2. The first-order valence-corrected chi connectivity index (χ1v) is 11.2. The van der Waals surface area contributed by atoms with E-state index in [0.717, 1.165) is 10.9 Å². The molecule has 0 spiro atoms. The standard InChI is InChI=1S/C22H21N3O5S/c1-12-19(15-8-4-6-10-17(15)23-12)20(26)14(3)30-22(27)13(2)24-21-16-9-5-7-11-18(16)31(28,29)25-21/h4-11,13-14,23H,1-3H3,(H,24,25)/t13-,14?/m0/s1. The van der Waals surface area contributed by atoms with Crippen molar-refractivity contribution in [3.63, 3.8) is 0 Å². The average molecular weight is 439 g/mol. The summed E-state index contributed by atoms with van der Waals surface area (Å²) in [6.07, 6.45) is -1.03. The second-order valence-electron chi connectivity index (χ2n) is 7.37. The van der Waals surface area contributed by atoms with Crippen LogP contribution in [0.15, 0.2) is 58.4 Å². The number of hydrogen-bond acceptors (Lipinski definition) is 6. The molecule has 1 aliphatic rings. The van der Waals surface area contributed by atoms with Gasteiger partial charge in [-0.15, -0.1) is 0 Å². The Morgan fingerprint density at radius 2 is 1.71 bits per heavy atom. The van der Waals surface area contributed by atoms with Crippen LogP contribution in [0.1, 0.15) is 35.5 Å². The minimum Gasteiger partial charge on any atom is -0.453 e. The number of ether oxygens (including phenoxy) is 1. The number of nitrogens with one attached hydrogen (secondary N) is 2. The van der Waals surface area contributed by atoms with Crippen LogP contribution >= 0.6 is 0 Å². The lowest BCUT2D eigenvalue weighted by molar-refractivity contribution is -0.147. The molecule has 3 aromatic rings. The summed E-state index contributed by atoms with van der Waals surface area (Å²) in [5.74, 6) is -0.976. The van der Waals surface area contributed by atoms with Crippen molar-refractivity contribution in [2.24, 2.45) is 4.99 Å². The zero-order valence-electron chi connectivity index (χ0n) is 17.2. The molecule has 0 aliphatic carbocycles. The molecule has 0 saturated heterocycles. The van der Waals surface area contributed by atoms with E-state index in [1.807, 2.05) is 24.3 Å². The fraction of sp³-hybridized carbons (Fsp3) is 0.227. The molecule has 1 aliphatic heterocycles. The number of aliphatic imine (C=N–C) groups is 1. The summed E-state index contributed by atoms with van der Waals surface area (Å²) in [4.78, 5) is 33.0. The number of aromatic nitrogens is 1. The number of rotatable bonds is 5. The third-order valence-electron chi connectivity index (χ3n) is 5.13. The van der Waals surface area contributed by atoms with Gasteiger partial charge in [-0.3, -0.25) is 14.5 Å². The first kappa shape index (κ1) is 20.8. The number of ketones is 1. The van der Waals surface area contributed by atoms with Crippen LogP contribution in [0.25, 0.3) is 10.9 Å². The van der Waals surface area contributed by atoms with Gasteiger partial charge in [-0.05, 0) is 39.0 Å². The molecule has 0 fully saturated rings. The van der Waals surface area contributed by atoms with Crippen molar-refractivity contribution in [1.82, 2.24) is 9.71 Å². The Balaban J connectivity index is 1.52. The fourth-order valence-corrected chi connectivity index (χ4v) is 4.84. The lowest BCUT2D eigenvalue weighted by Gasteiger charge is -2.15. The van der Waals surface area contributed by atoms with Crippen LogP contribution in [-0.4, -0.2) is 43.1 Å². The van der Waals surface area contributed by atoms with Crippen LogP contribution < -0.4 is 4.72 Å². The van der Waals surface area contributed by atoms with Crippen molar-refractivity contribution < 1.29 is 22.7 Å². The van der Waals surface area contributed by atoms with Gasteiger partial charge in [0.15, 0.2) is 6.10 Å². The number of fused-ring (bicyclic) bond motifs is 2. The minimum absolute atomic E-state index is 0.0755. The van der Waals surface area contributed by atoms with Crippen LogP contribution in [0, 0.1) is 6.92 Å². The number of para-hydroxylation sites is 1. The highest BCUT2D eigenvalue weighted by Crippen LogP contribution is 2.25. The van der Waals surface area contributed by atoms with Gasteiger partial charge in [-0.25, -0.2) is 13.2 Å². The van der Waals surface area contributed by atoms with E-state index in [2.05, 4.69) is 14.7 Å². The molecular formula is C22H21N3O5S. The monoisotopic (exact) mass is 439 g/mol. The Labute approximate surface area is 179 Å². The second-order valence-corrected chi connectivity index (χ2v) is 9.02. The molecule has 160 valence electrons. The summed E-state index contributed by atoms with van der Waals surface area (Å²) in [6, 6.07) is 12.8. The van der Waals surface area contributed by atoms with Crippen LogP contribution in [0.5, 0.6) is 0 Å². The Hall–Kier alpha value is -3.46. The zero-order valence-corrected chi connectivity index (χ0v) is 18.0. The second kappa shape index (κ2) is 7.66. The maximum atomic E-state index is 13.0. The van der Waals surface area contributed by atoms with Gasteiger partial charge in [0.25, 0.3) is 10.0 Å². The Kier molecular flexibility index (Phi) is 5.14. The molecule has 0 amide bonds. The predicted molar refractivity (Wildman–Crippen MR) is 116 cm³/mol. The number of aryl methyl sites for hydroxylation is 1. The highest BCUT2D eigenvalue weighted by Gasteiger charge is 2.32. The highest BCUT2D eigenvalue weighted by molar-refractivity contribution is 7.90. The van der Waals surface area contributed by atoms with E-state index in [-0.39, 0.29) is 16.5 Å². The van der Waals surface area contributed by atoms with Gasteiger partial charge in [0.1, 0.15) is 11.9 Å². The van der Waals surface area contributed by atoms with Crippen molar-refractivity contribution in [3.05, 3.63) is 65.4 Å². The number of Topliss-reactive ketones (excluding diaryl/α,β-unsaturated/α-hetero) is 1. The molecule has 2 aromatic carbocycles. The molecule has 0 saturated carbocycles. The van der Waals surface area contributed by atoms with E-state index in [1.165, 1.54) is 19.9 Å².